The largest absolute Gasteiger partial charge is 0.338 e. The first-order valence-corrected chi connectivity index (χ1v) is 5.94. The molecular weight excluding hydrogens is 188 g/mol. The van der Waals surface area contributed by atoms with Crippen molar-refractivity contribution in [3.05, 3.63) is 0 Å². The summed E-state index contributed by atoms with van der Waals surface area (Å²) in [6, 6.07) is 0.107. The maximum atomic E-state index is 12.2. The molecule has 0 heterocycles. The van der Waals surface area contributed by atoms with Crippen LogP contribution in [0.15, 0.2) is 0 Å². The summed E-state index contributed by atoms with van der Waals surface area (Å²) in [4.78, 5) is 14.1. The molecule has 88 valence electrons. The van der Waals surface area contributed by atoms with Crippen LogP contribution in [0.1, 0.15) is 47.0 Å². The van der Waals surface area contributed by atoms with Crippen LogP contribution in [0.4, 0.5) is 0 Å². The van der Waals surface area contributed by atoms with Crippen molar-refractivity contribution in [1.82, 2.24) is 4.90 Å². The Kier molecular flexibility index (Phi) is 3.77. The van der Waals surface area contributed by atoms with E-state index >= 15 is 0 Å². The lowest BCUT2D eigenvalue weighted by Crippen LogP contribution is -2.51. The molecule has 1 aliphatic carbocycles. The van der Waals surface area contributed by atoms with Crippen LogP contribution in [0.3, 0.4) is 0 Å². The highest BCUT2D eigenvalue weighted by molar-refractivity contribution is 5.83. The molecule has 0 aromatic heterocycles. The van der Waals surface area contributed by atoms with E-state index in [2.05, 4.69) is 6.92 Å². The van der Waals surface area contributed by atoms with Crippen LogP contribution < -0.4 is 5.73 Å². The van der Waals surface area contributed by atoms with Crippen molar-refractivity contribution in [1.29, 1.82) is 0 Å². The number of rotatable bonds is 4. The fraction of sp³-hybridized carbons (Fsp3) is 0.917. The van der Waals surface area contributed by atoms with Gasteiger partial charge in [0.2, 0.25) is 5.91 Å². The van der Waals surface area contributed by atoms with Gasteiger partial charge in [0.15, 0.2) is 0 Å². The van der Waals surface area contributed by atoms with Crippen molar-refractivity contribution in [3.8, 4) is 0 Å². The third kappa shape index (κ3) is 3.20. The molecule has 0 bridgehead atoms. The van der Waals surface area contributed by atoms with Gasteiger partial charge >= 0.3 is 0 Å². The summed E-state index contributed by atoms with van der Waals surface area (Å²) >= 11 is 0. The molecule has 3 heteroatoms. The molecule has 1 rings (SSSR count). The molecule has 0 aromatic carbocycles. The van der Waals surface area contributed by atoms with E-state index < -0.39 is 0 Å². The Hall–Kier alpha value is -0.570. The minimum atomic E-state index is -0.371. The first-order valence-electron chi connectivity index (χ1n) is 5.94. The third-order valence-electron chi connectivity index (χ3n) is 2.93. The van der Waals surface area contributed by atoms with Gasteiger partial charge in [0.25, 0.3) is 0 Å². The molecule has 0 aliphatic heterocycles. The first kappa shape index (κ1) is 12.5. The van der Waals surface area contributed by atoms with E-state index in [0.717, 1.165) is 25.8 Å². The van der Waals surface area contributed by atoms with E-state index in [1.54, 1.807) is 0 Å². The number of hydrogen-bond donors (Lipinski definition) is 1. The molecule has 0 unspecified atom stereocenters. The van der Waals surface area contributed by atoms with Crippen LogP contribution >= 0.6 is 0 Å². The van der Waals surface area contributed by atoms with Crippen LogP contribution in [0.5, 0.6) is 0 Å². The van der Waals surface area contributed by atoms with E-state index in [1.807, 2.05) is 25.7 Å². The Morgan fingerprint density at radius 1 is 1.47 bits per heavy atom. The Morgan fingerprint density at radius 3 is 2.33 bits per heavy atom. The molecule has 0 radical (unpaired) electrons. The fourth-order valence-electron chi connectivity index (χ4n) is 1.65. The van der Waals surface area contributed by atoms with Gasteiger partial charge in [-0.1, -0.05) is 27.7 Å². The number of hydrogen-bond acceptors (Lipinski definition) is 2. The molecule has 0 spiro atoms. The number of nitrogens with two attached hydrogens (primary N) is 1. The van der Waals surface area contributed by atoms with Crippen molar-refractivity contribution in [2.24, 2.45) is 11.1 Å². The quantitative estimate of drug-likeness (QED) is 0.772. The molecule has 1 atom stereocenters. The maximum absolute atomic E-state index is 12.2. The van der Waals surface area contributed by atoms with E-state index in [-0.39, 0.29) is 17.4 Å². The zero-order valence-corrected chi connectivity index (χ0v) is 10.4. The minimum absolute atomic E-state index is 0.131. The summed E-state index contributed by atoms with van der Waals surface area (Å²) < 4.78 is 0. The highest BCUT2D eigenvalue weighted by Crippen LogP contribution is 2.29. The Labute approximate surface area is 93.0 Å². The van der Waals surface area contributed by atoms with E-state index in [0.29, 0.717) is 6.04 Å². The predicted molar refractivity (Wildman–Crippen MR) is 62.5 cm³/mol. The Morgan fingerprint density at radius 2 is 2.00 bits per heavy atom. The lowest BCUT2D eigenvalue weighted by Gasteiger charge is -2.32. The zero-order chi connectivity index (χ0) is 11.6. The fourth-order valence-corrected chi connectivity index (χ4v) is 1.65. The highest BCUT2D eigenvalue weighted by atomic mass is 16.2. The molecule has 1 saturated carbocycles. The molecule has 1 aliphatic rings. The second-order valence-electron chi connectivity index (χ2n) is 5.61. The second kappa shape index (κ2) is 4.52. The zero-order valence-electron chi connectivity index (χ0n) is 10.4. The lowest BCUT2D eigenvalue weighted by atomic mass is 9.86. The number of amides is 1. The van der Waals surface area contributed by atoms with Crippen LogP contribution in [0, 0.1) is 5.41 Å². The van der Waals surface area contributed by atoms with Crippen LogP contribution in [0.2, 0.25) is 0 Å². The van der Waals surface area contributed by atoms with Gasteiger partial charge in [0, 0.05) is 12.6 Å². The van der Waals surface area contributed by atoms with Crippen molar-refractivity contribution >= 4 is 5.91 Å². The molecule has 2 N–H and O–H groups in total. The molecule has 1 amide bonds. The predicted octanol–water partition coefficient (Wildman–Crippen LogP) is 1.76. The molecule has 3 nitrogen and oxygen atoms in total. The smallest absolute Gasteiger partial charge is 0.240 e. The van der Waals surface area contributed by atoms with Gasteiger partial charge < -0.3 is 10.6 Å². The van der Waals surface area contributed by atoms with Gasteiger partial charge in [-0.05, 0) is 24.7 Å². The summed E-state index contributed by atoms with van der Waals surface area (Å²) in [6.45, 7) is 9.02. The minimum Gasteiger partial charge on any atom is -0.338 e. The summed E-state index contributed by atoms with van der Waals surface area (Å²) in [5.41, 5.74) is 5.86. The number of carbonyl (C=O) groups excluding carboxylic acids is 1. The first-order chi connectivity index (χ1) is 6.88. The summed E-state index contributed by atoms with van der Waals surface area (Å²) in [7, 11) is 0. The number of nitrogens with zero attached hydrogens (tertiary/aromatic N) is 1. The normalized spacial score (nSPS) is 18.7. The van der Waals surface area contributed by atoms with Gasteiger partial charge in [-0.2, -0.15) is 0 Å². The molecule has 0 aromatic rings. The standard InChI is InChI=1S/C12H24N2O/c1-5-8-14(9-6-7-9)11(15)10(13)12(2,3)4/h9-10H,5-8,13H2,1-4H3/t10-/m1/s1. The van der Waals surface area contributed by atoms with Crippen LogP contribution in [-0.4, -0.2) is 29.4 Å². The van der Waals surface area contributed by atoms with Crippen molar-refractivity contribution in [2.75, 3.05) is 6.54 Å². The van der Waals surface area contributed by atoms with Crippen molar-refractivity contribution in [3.63, 3.8) is 0 Å². The van der Waals surface area contributed by atoms with Gasteiger partial charge in [-0.25, -0.2) is 0 Å². The van der Waals surface area contributed by atoms with Gasteiger partial charge in [0.1, 0.15) is 0 Å². The molecule has 15 heavy (non-hydrogen) atoms. The summed E-state index contributed by atoms with van der Waals surface area (Å²) in [5.74, 6) is 0.131. The van der Waals surface area contributed by atoms with E-state index in [4.69, 9.17) is 5.73 Å². The maximum Gasteiger partial charge on any atom is 0.240 e. The molecule has 1 fully saturated rings. The topological polar surface area (TPSA) is 46.3 Å². The van der Waals surface area contributed by atoms with Gasteiger partial charge in [-0.3, -0.25) is 4.79 Å². The summed E-state index contributed by atoms with van der Waals surface area (Å²) in [5, 5.41) is 0. The third-order valence-corrected chi connectivity index (χ3v) is 2.93. The van der Waals surface area contributed by atoms with Crippen molar-refractivity contribution < 1.29 is 4.79 Å². The average molecular weight is 212 g/mol. The molecule has 0 saturated heterocycles. The second-order valence-corrected chi connectivity index (χ2v) is 5.61. The summed E-state index contributed by atoms with van der Waals surface area (Å²) in [6.07, 6.45) is 3.32. The van der Waals surface area contributed by atoms with Crippen LogP contribution in [-0.2, 0) is 4.79 Å². The average Bonchev–Trinajstić information content (AvgIpc) is 2.93. The van der Waals surface area contributed by atoms with E-state index in [9.17, 15) is 4.79 Å². The monoisotopic (exact) mass is 212 g/mol. The van der Waals surface area contributed by atoms with Crippen LogP contribution in [0.25, 0.3) is 0 Å². The van der Waals surface area contributed by atoms with Gasteiger partial charge in [-0.15, -0.1) is 0 Å². The Bertz CT molecular complexity index is 228. The number of carbonyl (C=O) groups is 1. The molecular formula is C12H24N2O. The highest BCUT2D eigenvalue weighted by Gasteiger charge is 2.37. The van der Waals surface area contributed by atoms with E-state index in [1.165, 1.54) is 0 Å². The van der Waals surface area contributed by atoms with Gasteiger partial charge in [0.05, 0.1) is 6.04 Å². The SMILES string of the molecule is CCCN(C(=O)[C@@H](N)C(C)(C)C)C1CC1. The Balaban J connectivity index is 2.63. The van der Waals surface area contributed by atoms with Crippen molar-refractivity contribution in [2.45, 2.75) is 59.0 Å². The lowest BCUT2D eigenvalue weighted by molar-refractivity contribution is -0.135.